The molecule has 1 aliphatic heterocycles. The Morgan fingerprint density at radius 2 is 1.84 bits per heavy atom. The average Bonchev–Trinajstić information content (AvgIpc) is 3.23. The smallest absolute Gasteiger partial charge is 0.335 e. The number of nitrogens with one attached hydrogen (secondary N) is 1. The maximum atomic E-state index is 12.9. The van der Waals surface area contributed by atoms with E-state index in [2.05, 4.69) is 4.98 Å². The zero-order valence-electron chi connectivity index (χ0n) is 16.5. The minimum atomic E-state index is -0.739. The largest absolute Gasteiger partial charge is 0.493 e. The van der Waals surface area contributed by atoms with Crippen LogP contribution >= 0.6 is 34.7 Å². The van der Waals surface area contributed by atoms with Crippen LogP contribution in [0.4, 0.5) is 5.69 Å². The van der Waals surface area contributed by atoms with Gasteiger partial charge in [-0.1, -0.05) is 29.8 Å². The van der Waals surface area contributed by atoms with E-state index < -0.39 is 17.1 Å². The third-order valence-electron chi connectivity index (χ3n) is 5.09. The number of H-pyrrole nitrogens is 1. The summed E-state index contributed by atoms with van der Waals surface area (Å²) in [5, 5.41) is 13.6. The van der Waals surface area contributed by atoms with Crippen molar-refractivity contribution in [2.24, 2.45) is 4.99 Å². The molecule has 1 unspecified atom stereocenters. The van der Waals surface area contributed by atoms with Gasteiger partial charge in [-0.2, -0.15) is 0 Å². The first-order valence-corrected chi connectivity index (χ1v) is 11.9. The Labute approximate surface area is 195 Å². The van der Waals surface area contributed by atoms with Crippen LogP contribution in [0.15, 0.2) is 85.5 Å². The summed E-state index contributed by atoms with van der Waals surface area (Å²) in [4.78, 5) is 34.7. The quantitative estimate of drug-likeness (QED) is 0.415. The number of thiophene rings is 1. The second-order valence-electron chi connectivity index (χ2n) is 7.12. The van der Waals surface area contributed by atoms with Gasteiger partial charge in [0.25, 0.3) is 5.56 Å². The van der Waals surface area contributed by atoms with Gasteiger partial charge in [0.1, 0.15) is 5.56 Å². The van der Waals surface area contributed by atoms with Gasteiger partial charge < -0.3 is 5.11 Å². The molecule has 2 aromatic heterocycles. The standard InChI is InChI=1S/C23H16ClN3O3S2/c24-13-7-9-14(10-8-13)27-22(29)20(21(28)26-23(27)30)16-12-19(18-6-3-11-31-18)32-17-5-2-1-4-15(17)25-16/h1-11,19,29H,12H2,(H,26,28,30). The van der Waals surface area contributed by atoms with E-state index in [0.29, 0.717) is 22.8 Å². The number of aromatic nitrogens is 2. The van der Waals surface area contributed by atoms with Crippen molar-refractivity contribution in [1.82, 2.24) is 9.55 Å². The molecule has 5 rings (SSSR count). The second kappa shape index (κ2) is 8.46. The van der Waals surface area contributed by atoms with Crippen LogP contribution in [-0.2, 0) is 0 Å². The van der Waals surface area contributed by atoms with Gasteiger partial charge in [0.2, 0.25) is 5.88 Å². The zero-order valence-corrected chi connectivity index (χ0v) is 18.9. The average molecular weight is 482 g/mol. The van der Waals surface area contributed by atoms with Gasteiger partial charge in [-0.3, -0.25) is 14.8 Å². The number of aromatic amines is 1. The number of para-hydroxylation sites is 1. The summed E-state index contributed by atoms with van der Waals surface area (Å²) in [6.45, 7) is 0. The summed E-state index contributed by atoms with van der Waals surface area (Å²) in [5.41, 5.74) is 0.0895. The van der Waals surface area contributed by atoms with Crippen molar-refractivity contribution in [2.75, 3.05) is 0 Å². The van der Waals surface area contributed by atoms with E-state index in [9.17, 15) is 14.7 Å². The first-order chi connectivity index (χ1) is 15.5. The van der Waals surface area contributed by atoms with Crippen molar-refractivity contribution in [3.8, 4) is 11.6 Å². The van der Waals surface area contributed by atoms with E-state index in [4.69, 9.17) is 16.6 Å². The number of halogens is 1. The van der Waals surface area contributed by atoms with Crippen LogP contribution in [0.5, 0.6) is 5.88 Å². The van der Waals surface area contributed by atoms with E-state index in [1.165, 1.54) is 0 Å². The molecule has 2 aromatic carbocycles. The van der Waals surface area contributed by atoms with Crippen LogP contribution in [-0.4, -0.2) is 20.4 Å². The summed E-state index contributed by atoms with van der Waals surface area (Å²) in [6, 6.07) is 18.1. The fourth-order valence-electron chi connectivity index (χ4n) is 3.62. The minimum Gasteiger partial charge on any atom is -0.493 e. The Hall–Kier alpha value is -3.07. The van der Waals surface area contributed by atoms with Gasteiger partial charge in [0.05, 0.1) is 17.1 Å². The molecule has 32 heavy (non-hydrogen) atoms. The normalized spacial score (nSPS) is 15.7. The summed E-state index contributed by atoms with van der Waals surface area (Å²) in [5.74, 6) is -0.450. The van der Waals surface area contributed by atoms with Crippen LogP contribution < -0.4 is 11.2 Å². The van der Waals surface area contributed by atoms with Crippen LogP contribution in [0, 0.1) is 0 Å². The van der Waals surface area contributed by atoms with Crippen molar-refractivity contribution in [3.63, 3.8) is 0 Å². The van der Waals surface area contributed by atoms with Crippen molar-refractivity contribution in [3.05, 3.63) is 102 Å². The topological polar surface area (TPSA) is 87.5 Å². The molecule has 1 aliphatic rings. The molecule has 160 valence electrons. The molecule has 0 radical (unpaired) electrons. The molecular weight excluding hydrogens is 466 g/mol. The molecule has 0 bridgehead atoms. The van der Waals surface area contributed by atoms with Crippen molar-refractivity contribution in [1.29, 1.82) is 0 Å². The summed E-state index contributed by atoms with van der Waals surface area (Å²) < 4.78 is 1.06. The predicted molar refractivity (Wildman–Crippen MR) is 130 cm³/mol. The van der Waals surface area contributed by atoms with E-state index >= 15 is 0 Å². The zero-order chi connectivity index (χ0) is 22.2. The number of nitrogens with zero attached hydrogens (tertiary/aromatic N) is 2. The Balaban J connectivity index is 1.71. The predicted octanol–water partition coefficient (Wildman–Crippen LogP) is 5.30. The fraction of sp³-hybridized carbons (Fsp3) is 0.0870. The van der Waals surface area contributed by atoms with E-state index in [-0.39, 0.29) is 10.8 Å². The van der Waals surface area contributed by atoms with Crippen molar-refractivity contribution >= 4 is 46.1 Å². The molecule has 0 amide bonds. The lowest BCUT2D eigenvalue weighted by Crippen LogP contribution is -2.33. The van der Waals surface area contributed by atoms with Crippen molar-refractivity contribution in [2.45, 2.75) is 16.6 Å². The molecule has 0 aliphatic carbocycles. The highest BCUT2D eigenvalue weighted by molar-refractivity contribution is 7.99. The Morgan fingerprint density at radius 3 is 2.59 bits per heavy atom. The molecule has 1 atom stereocenters. The number of fused-ring (bicyclic) bond motifs is 1. The first-order valence-electron chi connectivity index (χ1n) is 9.72. The van der Waals surface area contributed by atoms with Crippen LogP contribution in [0.25, 0.3) is 5.69 Å². The summed E-state index contributed by atoms with van der Waals surface area (Å²) in [7, 11) is 0. The summed E-state index contributed by atoms with van der Waals surface area (Å²) in [6.07, 6.45) is 0.412. The third-order valence-corrected chi connectivity index (χ3v) is 7.78. The van der Waals surface area contributed by atoms with Gasteiger partial charge in [-0.15, -0.1) is 23.1 Å². The van der Waals surface area contributed by atoms with Crippen LogP contribution in [0.1, 0.15) is 22.1 Å². The van der Waals surface area contributed by atoms with E-state index in [0.717, 1.165) is 20.0 Å². The molecule has 9 heteroatoms. The number of hydrogen-bond donors (Lipinski definition) is 2. The highest BCUT2D eigenvalue weighted by Crippen LogP contribution is 2.46. The molecule has 0 saturated carbocycles. The Bertz CT molecular complexity index is 1440. The molecule has 0 spiro atoms. The van der Waals surface area contributed by atoms with Gasteiger partial charge in [-0.05, 0) is 47.8 Å². The molecule has 2 N–H and O–H groups in total. The third kappa shape index (κ3) is 3.81. The second-order valence-corrected chi connectivity index (χ2v) is 9.78. The first kappa shape index (κ1) is 20.8. The van der Waals surface area contributed by atoms with Crippen LogP contribution in [0.3, 0.4) is 0 Å². The SMILES string of the molecule is O=c1[nH]c(=O)n(-c2ccc(Cl)cc2)c(O)c1C1=Nc2ccccc2SC(c2cccs2)C1. The van der Waals surface area contributed by atoms with Crippen LogP contribution in [0.2, 0.25) is 5.02 Å². The Kier molecular flexibility index (Phi) is 5.50. The number of hydrogen-bond acceptors (Lipinski definition) is 6. The van der Waals surface area contributed by atoms with Gasteiger partial charge in [0.15, 0.2) is 0 Å². The Morgan fingerprint density at radius 1 is 1.06 bits per heavy atom. The highest BCUT2D eigenvalue weighted by Gasteiger charge is 2.28. The lowest BCUT2D eigenvalue weighted by Gasteiger charge is -2.15. The van der Waals surface area contributed by atoms with Gasteiger partial charge >= 0.3 is 5.69 Å². The molecular formula is C23H16ClN3O3S2. The highest BCUT2D eigenvalue weighted by atomic mass is 35.5. The van der Waals surface area contributed by atoms with Gasteiger partial charge in [-0.25, -0.2) is 9.36 Å². The monoisotopic (exact) mass is 481 g/mol. The van der Waals surface area contributed by atoms with Gasteiger partial charge in [0, 0.05) is 26.5 Å². The number of thioether (sulfide) groups is 1. The lowest BCUT2D eigenvalue weighted by atomic mass is 10.1. The summed E-state index contributed by atoms with van der Waals surface area (Å²) >= 11 is 9.26. The number of aromatic hydroxyl groups is 1. The van der Waals surface area contributed by atoms with Crippen molar-refractivity contribution < 1.29 is 5.11 Å². The molecule has 0 fully saturated rings. The fourth-order valence-corrected chi connectivity index (χ4v) is 5.89. The molecule has 3 heterocycles. The lowest BCUT2D eigenvalue weighted by molar-refractivity contribution is 0.429. The minimum absolute atomic E-state index is 0.00658. The number of aliphatic imine (C=N–C) groups is 1. The maximum absolute atomic E-state index is 12.9. The molecule has 4 aromatic rings. The number of rotatable bonds is 3. The molecule has 6 nitrogen and oxygen atoms in total. The van der Waals surface area contributed by atoms with E-state index in [1.807, 2.05) is 41.8 Å². The number of benzene rings is 2. The maximum Gasteiger partial charge on any atom is 0.335 e. The van der Waals surface area contributed by atoms with E-state index in [1.54, 1.807) is 47.4 Å². The molecule has 0 saturated heterocycles.